The van der Waals surface area contributed by atoms with Crippen LogP contribution in [0.1, 0.15) is 38.5 Å². The number of rotatable bonds is 15. The smallest absolute Gasteiger partial charge is 0.419 e. The predicted molar refractivity (Wildman–Crippen MR) is 220 cm³/mol. The molecule has 0 spiro atoms. The summed E-state index contributed by atoms with van der Waals surface area (Å²) >= 11 is 0. The number of nitrogens with one attached hydrogen (secondary N) is 3. The molecule has 2 aliphatic rings. The van der Waals surface area contributed by atoms with Crippen molar-refractivity contribution in [2.45, 2.75) is 44.6 Å². The van der Waals surface area contributed by atoms with Gasteiger partial charge in [-0.05, 0) is 79.6 Å². The number of carbonyl (C=O) groups is 3. The van der Waals surface area contributed by atoms with Crippen molar-refractivity contribution in [2.24, 2.45) is 5.92 Å². The van der Waals surface area contributed by atoms with Crippen LogP contribution < -0.4 is 20.9 Å². The van der Waals surface area contributed by atoms with Crippen molar-refractivity contribution in [1.29, 1.82) is 0 Å². The van der Waals surface area contributed by atoms with E-state index >= 15 is 0 Å². The number of nitrogens with zero attached hydrogens (tertiary/aromatic N) is 2. The maximum absolute atomic E-state index is 14.4. The second-order valence-corrected chi connectivity index (χ2v) is 14.4. The SMILES string of the molecule is O=C(CCNCC1CC1)Nc1cccc(NC(=O)CCN2CCC(OC(=O)N(c3ccccc3-c3ccccc3)c3ccccc3-c3ccccc3)CC2)c1. The average Bonchev–Trinajstić information content (AvgIpc) is 4.05. The Morgan fingerprint density at radius 2 is 1.15 bits per heavy atom. The second-order valence-electron chi connectivity index (χ2n) is 14.4. The van der Waals surface area contributed by atoms with E-state index in [9.17, 15) is 14.4 Å². The minimum Gasteiger partial charge on any atom is -0.445 e. The standard InChI is InChI=1S/C46H49N5O4/c52-44(24-28-47-33-34-22-23-34)48-37-16-11-17-38(32-37)49-45(53)27-31-50-29-25-39(26-30-50)55-46(54)51(42-20-9-7-18-40(42)35-12-3-1-4-13-35)43-21-10-8-19-41(43)36-14-5-2-6-15-36/h1-21,32,34,39,47H,22-31,33H2,(H,48,52)(H,49,53). The molecule has 55 heavy (non-hydrogen) atoms. The maximum atomic E-state index is 14.4. The lowest BCUT2D eigenvalue weighted by atomic mass is 10.00. The van der Waals surface area contributed by atoms with Gasteiger partial charge in [-0.15, -0.1) is 0 Å². The third-order valence-corrected chi connectivity index (χ3v) is 10.2. The Hall–Kier alpha value is -5.77. The molecule has 2 fully saturated rings. The third-order valence-electron chi connectivity index (χ3n) is 10.2. The predicted octanol–water partition coefficient (Wildman–Crippen LogP) is 9.12. The molecule has 1 aliphatic heterocycles. The van der Waals surface area contributed by atoms with Gasteiger partial charge in [0.1, 0.15) is 6.10 Å². The summed E-state index contributed by atoms with van der Waals surface area (Å²) < 4.78 is 6.32. The first-order valence-corrected chi connectivity index (χ1v) is 19.4. The number of para-hydroxylation sites is 2. The first-order valence-electron chi connectivity index (χ1n) is 19.4. The molecule has 1 saturated heterocycles. The van der Waals surface area contributed by atoms with Crippen LogP contribution in [0.2, 0.25) is 0 Å². The fraction of sp³-hybridized carbons (Fsp3) is 0.283. The second kappa shape index (κ2) is 18.5. The summed E-state index contributed by atoms with van der Waals surface area (Å²) in [4.78, 5) is 43.7. The number of benzene rings is 5. The zero-order valence-corrected chi connectivity index (χ0v) is 31.2. The van der Waals surface area contributed by atoms with E-state index < -0.39 is 6.09 Å². The average molecular weight is 736 g/mol. The number of anilines is 4. The summed E-state index contributed by atoms with van der Waals surface area (Å²) in [5, 5.41) is 9.24. The molecule has 0 atom stereocenters. The zero-order chi connectivity index (χ0) is 37.8. The van der Waals surface area contributed by atoms with E-state index in [0.29, 0.717) is 63.2 Å². The molecule has 3 N–H and O–H groups in total. The Kier molecular flexibility index (Phi) is 12.6. The summed E-state index contributed by atoms with van der Waals surface area (Å²) in [6, 6.07) is 43.3. The maximum Gasteiger partial charge on any atom is 0.419 e. The highest BCUT2D eigenvalue weighted by atomic mass is 16.6. The highest BCUT2D eigenvalue weighted by Crippen LogP contribution is 2.40. The Morgan fingerprint density at radius 1 is 0.618 bits per heavy atom. The van der Waals surface area contributed by atoms with Crippen LogP contribution in [0.25, 0.3) is 22.3 Å². The molecule has 0 radical (unpaired) electrons. The number of hydrogen-bond donors (Lipinski definition) is 3. The van der Waals surface area contributed by atoms with Gasteiger partial charge in [0.15, 0.2) is 0 Å². The lowest BCUT2D eigenvalue weighted by Gasteiger charge is -2.33. The number of piperidine rings is 1. The van der Waals surface area contributed by atoms with Crippen LogP contribution >= 0.6 is 0 Å². The number of ether oxygens (including phenoxy) is 1. The number of carbonyl (C=O) groups excluding carboxylic acids is 3. The minimum absolute atomic E-state index is 0.0532. The van der Waals surface area contributed by atoms with Crippen molar-refractivity contribution < 1.29 is 19.1 Å². The van der Waals surface area contributed by atoms with E-state index in [1.54, 1.807) is 11.0 Å². The van der Waals surface area contributed by atoms with Gasteiger partial charge >= 0.3 is 6.09 Å². The van der Waals surface area contributed by atoms with Crippen molar-refractivity contribution in [3.8, 4) is 22.3 Å². The van der Waals surface area contributed by atoms with Crippen LogP contribution in [0.5, 0.6) is 0 Å². The van der Waals surface area contributed by atoms with Crippen molar-refractivity contribution in [3.05, 3.63) is 133 Å². The van der Waals surface area contributed by atoms with Gasteiger partial charge in [0.25, 0.3) is 0 Å². The molecule has 1 aliphatic carbocycles. The molecule has 5 aromatic carbocycles. The molecular formula is C46H49N5O4. The first kappa shape index (κ1) is 37.5. The Bertz CT molecular complexity index is 1960. The van der Waals surface area contributed by atoms with Crippen LogP contribution in [-0.4, -0.2) is 61.6 Å². The molecule has 282 valence electrons. The van der Waals surface area contributed by atoms with Gasteiger partial charge in [-0.3, -0.25) is 9.59 Å². The van der Waals surface area contributed by atoms with E-state index in [0.717, 1.165) is 46.1 Å². The van der Waals surface area contributed by atoms with Crippen molar-refractivity contribution in [2.75, 3.05) is 48.3 Å². The molecule has 0 unspecified atom stereocenters. The molecule has 9 heteroatoms. The normalized spacial score (nSPS) is 14.5. The largest absolute Gasteiger partial charge is 0.445 e. The molecule has 3 amide bonds. The Morgan fingerprint density at radius 3 is 1.71 bits per heavy atom. The molecule has 7 rings (SSSR count). The van der Waals surface area contributed by atoms with E-state index in [2.05, 4.69) is 45.1 Å². The van der Waals surface area contributed by atoms with Crippen molar-refractivity contribution in [1.82, 2.24) is 10.2 Å². The highest BCUT2D eigenvalue weighted by Gasteiger charge is 2.30. The molecule has 0 aromatic heterocycles. The molecule has 1 heterocycles. The van der Waals surface area contributed by atoms with E-state index in [1.807, 2.05) is 103 Å². The van der Waals surface area contributed by atoms with Gasteiger partial charge in [-0.25, -0.2) is 9.69 Å². The fourth-order valence-corrected chi connectivity index (χ4v) is 7.04. The van der Waals surface area contributed by atoms with Crippen molar-refractivity contribution >= 4 is 40.7 Å². The lowest BCUT2D eigenvalue weighted by Crippen LogP contribution is -2.41. The molecule has 1 saturated carbocycles. The van der Waals surface area contributed by atoms with Gasteiger partial charge in [-0.2, -0.15) is 0 Å². The summed E-state index contributed by atoms with van der Waals surface area (Å²) in [5.74, 6) is 0.634. The summed E-state index contributed by atoms with van der Waals surface area (Å²) in [7, 11) is 0. The molecule has 5 aromatic rings. The summed E-state index contributed by atoms with van der Waals surface area (Å²) in [6.45, 7) is 3.66. The Labute approximate surface area is 323 Å². The van der Waals surface area contributed by atoms with Crippen LogP contribution in [0.3, 0.4) is 0 Å². The van der Waals surface area contributed by atoms with Gasteiger partial charge in [0.2, 0.25) is 11.8 Å². The first-order chi connectivity index (χ1) is 27.0. The van der Waals surface area contributed by atoms with E-state index in [1.165, 1.54) is 12.8 Å². The number of likely N-dealkylation sites (tertiary alicyclic amines) is 1. The molecule has 9 nitrogen and oxygen atoms in total. The quantitative estimate of drug-likeness (QED) is 0.0928. The van der Waals surface area contributed by atoms with E-state index in [-0.39, 0.29) is 17.9 Å². The van der Waals surface area contributed by atoms with Crippen LogP contribution in [0, 0.1) is 5.92 Å². The monoisotopic (exact) mass is 735 g/mol. The molecular weight excluding hydrogens is 687 g/mol. The van der Waals surface area contributed by atoms with Gasteiger partial charge < -0.3 is 25.6 Å². The third kappa shape index (κ3) is 10.5. The van der Waals surface area contributed by atoms with Gasteiger partial charge in [0, 0.05) is 61.5 Å². The van der Waals surface area contributed by atoms with Crippen LogP contribution in [-0.2, 0) is 14.3 Å². The van der Waals surface area contributed by atoms with Crippen molar-refractivity contribution in [3.63, 3.8) is 0 Å². The van der Waals surface area contributed by atoms with Gasteiger partial charge in [0.05, 0.1) is 11.4 Å². The fourth-order valence-electron chi connectivity index (χ4n) is 7.04. The number of hydrogen-bond acceptors (Lipinski definition) is 6. The van der Waals surface area contributed by atoms with Crippen LogP contribution in [0.4, 0.5) is 27.5 Å². The number of amides is 3. The lowest BCUT2D eigenvalue weighted by molar-refractivity contribution is -0.117. The van der Waals surface area contributed by atoms with Gasteiger partial charge in [-0.1, -0.05) is 103 Å². The van der Waals surface area contributed by atoms with Crippen LogP contribution in [0.15, 0.2) is 133 Å². The van der Waals surface area contributed by atoms with E-state index in [4.69, 9.17) is 4.74 Å². The Balaban J connectivity index is 0.951. The minimum atomic E-state index is -0.423. The highest BCUT2D eigenvalue weighted by molar-refractivity contribution is 6.04. The zero-order valence-electron chi connectivity index (χ0n) is 31.2. The summed E-state index contributed by atoms with van der Waals surface area (Å²) in [6.07, 6.45) is 3.94. The summed E-state index contributed by atoms with van der Waals surface area (Å²) in [5.41, 5.74) is 6.67. The topological polar surface area (TPSA) is 103 Å². The molecule has 0 bridgehead atoms.